The van der Waals surface area contributed by atoms with Gasteiger partial charge < -0.3 is 0 Å². The van der Waals surface area contributed by atoms with Crippen LogP contribution in [0.2, 0.25) is 5.15 Å². The average molecular weight is 186 g/mol. The lowest BCUT2D eigenvalue weighted by atomic mass is 10.5. The molecule has 0 saturated carbocycles. The van der Waals surface area contributed by atoms with Crippen molar-refractivity contribution in [1.82, 2.24) is 25.2 Å². The van der Waals surface area contributed by atoms with Crippen molar-refractivity contribution in [3.63, 3.8) is 0 Å². The molecule has 2 rings (SSSR count). The highest BCUT2D eigenvalue weighted by molar-refractivity contribution is 6.33. The van der Waals surface area contributed by atoms with E-state index < -0.39 is 0 Å². The molecule has 2 aromatic rings. The number of rotatable bonds is 0. The minimum Gasteiger partial charge on any atom is -0.265 e. The van der Waals surface area contributed by atoms with Crippen molar-refractivity contribution >= 4 is 22.6 Å². The van der Waals surface area contributed by atoms with Gasteiger partial charge in [0.15, 0.2) is 16.2 Å². The van der Waals surface area contributed by atoms with Gasteiger partial charge in [0.25, 0.3) is 5.56 Å². The van der Waals surface area contributed by atoms with Gasteiger partial charge in [0.2, 0.25) is 0 Å². The van der Waals surface area contributed by atoms with Crippen LogP contribution in [0.5, 0.6) is 0 Å². The van der Waals surface area contributed by atoms with Crippen LogP contribution in [0.3, 0.4) is 0 Å². The molecule has 2 aromatic heterocycles. The van der Waals surface area contributed by atoms with Crippen molar-refractivity contribution in [3.8, 4) is 0 Å². The van der Waals surface area contributed by atoms with Crippen LogP contribution < -0.4 is 5.56 Å². The molecule has 1 N–H and O–H groups in total. The molecular weight excluding hydrogens is 182 g/mol. The lowest BCUT2D eigenvalue weighted by Gasteiger charge is -1.90. The van der Waals surface area contributed by atoms with Gasteiger partial charge in [0.05, 0.1) is 0 Å². The molecule has 7 heteroatoms. The largest absolute Gasteiger partial charge is 0.292 e. The summed E-state index contributed by atoms with van der Waals surface area (Å²) in [6, 6.07) is 0. The zero-order valence-corrected chi connectivity index (χ0v) is 6.83. The van der Waals surface area contributed by atoms with E-state index in [2.05, 4.69) is 20.5 Å². The Morgan fingerprint density at radius 2 is 2.33 bits per heavy atom. The normalized spacial score (nSPS) is 10.8. The van der Waals surface area contributed by atoms with Gasteiger partial charge in [-0.3, -0.25) is 4.79 Å². The first-order valence-electron chi connectivity index (χ1n) is 3.13. The third kappa shape index (κ3) is 0.814. The summed E-state index contributed by atoms with van der Waals surface area (Å²) in [5, 5.41) is 13.2. The molecule has 0 spiro atoms. The van der Waals surface area contributed by atoms with Gasteiger partial charge in [0, 0.05) is 7.05 Å². The van der Waals surface area contributed by atoms with Crippen molar-refractivity contribution in [3.05, 3.63) is 15.5 Å². The molecule has 0 amide bonds. The summed E-state index contributed by atoms with van der Waals surface area (Å²) in [5.74, 6) is 0. The Bertz CT molecular complexity index is 486. The van der Waals surface area contributed by atoms with Crippen molar-refractivity contribution in [2.75, 3.05) is 0 Å². The van der Waals surface area contributed by atoms with E-state index in [1.807, 2.05) is 0 Å². The van der Waals surface area contributed by atoms with E-state index in [-0.39, 0.29) is 10.7 Å². The summed E-state index contributed by atoms with van der Waals surface area (Å²) >= 11 is 5.65. The van der Waals surface area contributed by atoms with Crippen LogP contribution in [0.15, 0.2) is 4.79 Å². The minimum atomic E-state index is -0.345. The maximum absolute atomic E-state index is 11.1. The van der Waals surface area contributed by atoms with E-state index in [0.717, 1.165) is 0 Å². The second kappa shape index (κ2) is 2.28. The van der Waals surface area contributed by atoms with Crippen LogP contribution in [0.25, 0.3) is 11.0 Å². The lowest BCUT2D eigenvalue weighted by molar-refractivity contribution is 0.733. The van der Waals surface area contributed by atoms with Gasteiger partial charge in [0.1, 0.15) is 0 Å². The molecule has 0 radical (unpaired) electrons. The standard InChI is InChI=1S/C5H4ClN5O/c1-11-3-2(7-10-11)4(6)8-9-5(3)12/h1H3,(H,9,12). The average Bonchev–Trinajstić information content (AvgIpc) is 2.42. The topological polar surface area (TPSA) is 76.5 Å². The van der Waals surface area contributed by atoms with Crippen LogP contribution in [-0.4, -0.2) is 25.2 Å². The zero-order chi connectivity index (χ0) is 8.72. The lowest BCUT2D eigenvalue weighted by Crippen LogP contribution is -2.11. The molecular formula is C5H4ClN5O. The highest BCUT2D eigenvalue weighted by Gasteiger charge is 2.09. The van der Waals surface area contributed by atoms with Gasteiger partial charge in [-0.25, -0.2) is 9.78 Å². The first kappa shape index (κ1) is 7.23. The molecule has 12 heavy (non-hydrogen) atoms. The molecule has 62 valence electrons. The number of nitrogens with one attached hydrogen (secondary N) is 1. The van der Waals surface area contributed by atoms with Crippen LogP contribution in [0.4, 0.5) is 0 Å². The van der Waals surface area contributed by atoms with Gasteiger partial charge >= 0.3 is 0 Å². The van der Waals surface area contributed by atoms with Crippen molar-refractivity contribution in [1.29, 1.82) is 0 Å². The minimum absolute atomic E-state index is 0.151. The van der Waals surface area contributed by atoms with Crippen LogP contribution >= 0.6 is 11.6 Å². The number of halogens is 1. The molecule has 0 aliphatic carbocycles. The fraction of sp³-hybridized carbons (Fsp3) is 0.200. The van der Waals surface area contributed by atoms with E-state index in [4.69, 9.17) is 11.6 Å². The second-order valence-electron chi connectivity index (χ2n) is 2.25. The summed E-state index contributed by atoms with van der Waals surface area (Å²) < 4.78 is 1.35. The Hall–Kier alpha value is -1.43. The number of aryl methyl sites for hydroxylation is 1. The number of H-pyrrole nitrogens is 1. The Morgan fingerprint density at radius 3 is 3.00 bits per heavy atom. The van der Waals surface area contributed by atoms with Crippen LogP contribution in [0.1, 0.15) is 0 Å². The van der Waals surface area contributed by atoms with Gasteiger partial charge in [-0.05, 0) is 0 Å². The third-order valence-electron chi connectivity index (χ3n) is 1.49. The highest BCUT2D eigenvalue weighted by Crippen LogP contribution is 2.12. The zero-order valence-electron chi connectivity index (χ0n) is 6.08. The molecule has 0 saturated heterocycles. The van der Waals surface area contributed by atoms with Crippen molar-refractivity contribution < 1.29 is 0 Å². The summed E-state index contributed by atoms with van der Waals surface area (Å²) in [6.45, 7) is 0. The number of fused-ring (bicyclic) bond motifs is 1. The molecule has 0 aliphatic heterocycles. The fourth-order valence-corrected chi connectivity index (χ4v) is 1.13. The number of hydrogen-bond acceptors (Lipinski definition) is 4. The predicted octanol–water partition coefficient (Wildman–Crippen LogP) is -0.295. The summed E-state index contributed by atoms with van der Waals surface area (Å²) in [5.41, 5.74) is 0.305. The molecule has 0 unspecified atom stereocenters. The van der Waals surface area contributed by atoms with Crippen molar-refractivity contribution in [2.45, 2.75) is 0 Å². The molecule has 0 atom stereocenters. The monoisotopic (exact) mass is 185 g/mol. The predicted molar refractivity (Wildman–Crippen MR) is 41.9 cm³/mol. The molecule has 0 fully saturated rings. The van der Waals surface area contributed by atoms with Gasteiger partial charge in [-0.2, -0.15) is 5.10 Å². The smallest absolute Gasteiger partial charge is 0.265 e. The number of hydrogen-bond donors (Lipinski definition) is 1. The Kier molecular flexibility index (Phi) is 1.37. The summed E-state index contributed by atoms with van der Waals surface area (Å²) in [7, 11) is 1.61. The van der Waals surface area contributed by atoms with E-state index in [0.29, 0.717) is 11.0 Å². The Labute approximate surface area is 71.1 Å². The van der Waals surface area contributed by atoms with Gasteiger partial charge in [-0.15, -0.1) is 5.10 Å². The first-order chi connectivity index (χ1) is 5.70. The number of aromatic nitrogens is 5. The molecule has 0 bridgehead atoms. The molecule has 0 aromatic carbocycles. The Morgan fingerprint density at radius 1 is 1.58 bits per heavy atom. The molecule has 2 heterocycles. The van der Waals surface area contributed by atoms with Gasteiger partial charge in [-0.1, -0.05) is 16.8 Å². The summed E-state index contributed by atoms with van der Waals surface area (Å²) in [6.07, 6.45) is 0. The molecule has 0 aliphatic rings. The first-order valence-corrected chi connectivity index (χ1v) is 3.51. The van der Waals surface area contributed by atoms with Crippen molar-refractivity contribution in [2.24, 2.45) is 7.05 Å². The maximum atomic E-state index is 11.1. The van der Waals surface area contributed by atoms with Crippen LogP contribution in [0, 0.1) is 0 Å². The highest BCUT2D eigenvalue weighted by atomic mass is 35.5. The van der Waals surface area contributed by atoms with E-state index in [1.54, 1.807) is 7.05 Å². The number of aromatic amines is 1. The summed E-state index contributed by atoms with van der Waals surface area (Å²) in [4.78, 5) is 11.1. The fourth-order valence-electron chi connectivity index (χ4n) is 0.956. The second-order valence-corrected chi connectivity index (χ2v) is 2.61. The van der Waals surface area contributed by atoms with E-state index >= 15 is 0 Å². The maximum Gasteiger partial charge on any atom is 0.292 e. The third-order valence-corrected chi connectivity index (χ3v) is 1.76. The number of nitrogens with zero attached hydrogens (tertiary/aromatic N) is 4. The van der Waals surface area contributed by atoms with E-state index in [1.165, 1.54) is 4.68 Å². The van der Waals surface area contributed by atoms with Crippen LogP contribution in [-0.2, 0) is 7.05 Å². The SMILES string of the molecule is Cn1nnc2c(Cl)n[nH]c(=O)c21. The Balaban J connectivity index is 3.09. The quantitative estimate of drug-likeness (QED) is 0.612. The molecule has 6 nitrogen and oxygen atoms in total. The van der Waals surface area contributed by atoms with E-state index in [9.17, 15) is 4.79 Å².